The molecule has 5 rings (SSSR count). The number of fused-ring (bicyclic) bond motifs is 2. The second-order valence-electron chi connectivity index (χ2n) is 7.35. The van der Waals surface area contributed by atoms with Crippen LogP contribution in [-0.4, -0.2) is 32.6 Å². The molecule has 0 aliphatic carbocycles. The monoisotopic (exact) mass is 398 g/mol. The van der Waals surface area contributed by atoms with Gasteiger partial charge in [0.1, 0.15) is 11.7 Å². The zero-order chi connectivity index (χ0) is 20.7. The number of nitrogen functional groups attached to an aromatic ring is 1. The molecule has 8 heteroatoms. The lowest BCUT2D eigenvalue weighted by Crippen LogP contribution is -2.46. The van der Waals surface area contributed by atoms with E-state index >= 15 is 0 Å². The van der Waals surface area contributed by atoms with Crippen molar-refractivity contribution in [1.29, 1.82) is 0 Å². The largest absolute Gasteiger partial charge is 0.368 e. The standard InChI is InChI=1S/C22H22N8/c1-13-7-5-8-16-15(13)11-30(17-9-4-3-6-14(17)2)18(27-16)10-24-20-19-21(26-12-25-19)29-22(23)28-20/h3-9,11-12,18H,10H2,1-2H3,(H4,23,24,25,26,28,29). The normalized spacial score (nSPS) is 15.4. The second-order valence-corrected chi connectivity index (χ2v) is 7.35. The van der Waals surface area contributed by atoms with E-state index in [1.807, 2.05) is 18.2 Å². The van der Waals surface area contributed by atoms with Gasteiger partial charge in [-0.25, -0.2) is 4.98 Å². The van der Waals surface area contributed by atoms with Gasteiger partial charge in [0.15, 0.2) is 11.5 Å². The number of H-pyrrole nitrogens is 1. The van der Waals surface area contributed by atoms with Crippen molar-refractivity contribution < 1.29 is 0 Å². The number of benzene rings is 2. The molecule has 0 saturated carbocycles. The Morgan fingerprint density at radius 2 is 1.90 bits per heavy atom. The number of aromatic amines is 1. The van der Waals surface area contributed by atoms with Crippen LogP contribution in [0.5, 0.6) is 0 Å². The number of nitrogens with zero attached hydrogens (tertiary/aromatic N) is 5. The van der Waals surface area contributed by atoms with E-state index in [4.69, 9.17) is 10.7 Å². The van der Waals surface area contributed by atoms with E-state index in [2.05, 4.69) is 74.5 Å². The van der Waals surface area contributed by atoms with Crippen molar-refractivity contribution in [2.24, 2.45) is 4.99 Å². The summed E-state index contributed by atoms with van der Waals surface area (Å²) in [5.74, 6) is 0.797. The SMILES string of the molecule is Cc1ccccc1N1C=c2c(C)cccc2=NC1CNc1nc(N)nc2nc[nH]c12. The maximum Gasteiger partial charge on any atom is 0.224 e. The van der Waals surface area contributed by atoms with E-state index in [0.717, 1.165) is 21.8 Å². The molecule has 0 spiro atoms. The van der Waals surface area contributed by atoms with E-state index in [9.17, 15) is 0 Å². The molecule has 8 nitrogen and oxygen atoms in total. The molecule has 4 aromatic rings. The van der Waals surface area contributed by atoms with Gasteiger partial charge in [-0.2, -0.15) is 9.97 Å². The van der Waals surface area contributed by atoms with Gasteiger partial charge in [-0.1, -0.05) is 30.3 Å². The first-order valence-corrected chi connectivity index (χ1v) is 9.80. The van der Waals surface area contributed by atoms with Crippen molar-refractivity contribution in [2.45, 2.75) is 20.0 Å². The number of rotatable bonds is 4. The molecule has 3 heterocycles. The van der Waals surface area contributed by atoms with Crippen molar-refractivity contribution in [2.75, 3.05) is 22.5 Å². The molecule has 0 fully saturated rings. The average molecular weight is 398 g/mol. The third-order valence-corrected chi connectivity index (χ3v) is 5.33. The summed E-state index contributed by atoms with van der Waals surface area (Å²) in [7, 11) is 0. The minimum Gasteiger partial charge on any atom is -0.368 e. The fourth-order valence-corrected chi connectivity index (χ4v) is 3.79. The predicted octanol–water partition coefficient (Wildman–Crippen LogP) is 1.87. The number of nitrogens with one attached hydrogen (secondary N) is 2. The van der Waals surface area contributed by atoms with Crippen molar-refractivity contribution in [3.05, 3.63) is 70.5 Å². The van der Waals surface area contributed by atoms with Crippen LogP contribution in [0.2, 0.25) is 0 Å². The Morgan fingerprint density at radius 1 is 1.07 bits per heavy atom. The molecule has 2 aromatic heterocycles. The van der Waals surface area contributed by atoms with Crippen LogP contribution in [0.3, 0.4) is 0 Å². The number of hydrogen-bond donors (Lipinski definition) is 3. The molecule has 0 radical (unpaired) electrons. The lowest BCUT2D eigenvalue weighted by atomic mass is 10.1. The van der Waals surface area contributed by atoms with Gasteiger partial charge < -0.3 is 20.9 Å². The number of hydrogen-bond acceptors (Lipinski definition) is 7. The first-order chi connectivity index (χ1) is 14.6. The van der Waals surface area contributed by atoms with E-state index in [1.54, 1.807) is 6.33 Å². The molecule has 2 aromatic carbocycles. The van der Waals surface area contributed by atoms with Gasteiger partial charge >= 0.3 is 0 Å². The fourth-order valence-electron chi connectivity index (χ4n) is 3.79. The number of anilines is 3. The van der Waals surface area contributed by atoms with Crippen molar-refractivity contribution in [1.82, 2.24) is 19.9 Å². The molecule has 0 bridgehead atoms. The lowest BCUT2D eigenvalue weighted by molar-refractivity contribution is 0.690. The molecule has 4 N–H and O–H groups in total. The molecule has 0 saturated heterocycles. The summed E-state index contributed by atoms with van der Waals surface area (Å²) in [6.45, 7) is 4.75. The molecule has 30 heavy (non-hydrogen) atoms. The van der Waals surface area contributed by atoms with E-state index in [0.29, 0.717) is 18.0 Å². The maximum absolute atomic E-state index is 5.85. The van der Waals surface area contributed by atoms with Crippen LogP contribution in [0, 0.1) is 13.8 Å². The van der Waals surface area contributed by atoms with Crippen LogP contribution in [-0.2, 0) is 0 Å². The summed E-state index contributed by atoms with van der Waals surface area (Å²) in [4.78, 5) is 23.0. The summed E-state index contributed by atoms with van der Waals surface area (Å²) in [6.07, 6.45) is 3.61. The van der Waals surface area contributed by atoms with E-state index in [-0.39, 0.29) is 12.1 Å². The van der Waals surface area contributed by atoms with Crippen LogP contribution in [0.4, 0.5) is 17.5 Å². The number of para-hydroxylation sites is 1. The average Bonchev–Trinajstić information content (AvgIpc) is 3.21. The lowest BCUT2D eigenvalue weighted by Gasteiger charge is -2.31. The second kappa shape index (κ2) is 7.14. The summed E-state index contributed by atoms with van der Waals surface area (Å²) in [5, 5.41) is 5.52. The van der Waals surface area contributed by atoms with Crippen LogP contribution in [0.25, 0.3) is 17.4 Å². The Bertz CT molecular complexity index is 1360. The Morgan fingerprint density at radius 3 is 2.77 bits per heavy atom. The smallest absolute Gasteiger partial charge is 0.224 e. The van der Waals surface area contributed by atoms with E-state index in [1.165, 1.54) is 11.1 Å². The third-order valence-electron chi connectivity index (χ3n) is 5.33. The van der Waals surface area contributed by atoms with Crippen molar-refractivity contribution in [3.8, 4) is 0 Å². The first-order valence-electron chi connectivity index (χ1n) is 9.80. The van der Waals surface area contributed by atoms with E-state index < -0.39 is 0 Å². The van der Waals surface area contributed by atoms with Crippen molar-refractivity contribution in [3.63, 3.8) is 0 Å². The number of aryl methyl sites for hydroxylation is 2. The summed E-state index contributed by atoms with van der Waals surface area (Å²) < 4.78 is 0. The van der Waals surface area contributed by atoms with Gasteiger partial charge in [0.2, 0.25) is 5.95 Å². The zero-order valence-electron chi connectivity index (χ0n) is 16.8. The number of imidazole rings is 1. The van der Waals surface area contributed by atoms with Crippen LogP contribution < -0.4 is 26.5 Å². The van der Waals surface area contributed by atoms with Gasteiger partial charge in [0.25, 0.3) is 0 Å². The predicted molar refractivity (Wildman–Crippen MR) is 118 cm³/mol. The van der Waals surface area contributed by atoms with Crippen molar-refractivity contribution >= 4 is 34.8 Å². The van der Waals surface area contributed by atoms with Crippen LogP contribution in [0.1, 0.15) is 11.1 Å². The molecular formula is C22H22N8. The number of nitrogens with two attached hydrogens (primary N) is 1. The quantitative estimate of drug-likeness (QED) is 0.484. The molecule has 1 aliphatic rings. The minimum atomic E-state index is -0.158. The molecule has 1 unspecified atom stereocenters. The highest BCUT2D eigenvalue weighted by atomic mass is 15.3. The molecule has 0 amide bonds. The highest BCUT2D eigenvalue weighted by molar-refractivity contribution is 5.83. The van der Waals surface area contributed by atoms with Gasteiger partial charge in [0, 0.05) is 17.1 Å². The highest BCUT2D eigenvalue weighted by Crippen LogP contribution is 2.24. The Labute approximate surface area is 173 Å². The molecule has 1 aliphatic heterocycles. The maximum atomic E-state index is 5.85. The highest BCUT2D eigenvalue weighted by Gasteiger charge is 2.22. The first kappa shape index (κ1) is 18.1. The summed E-state index contributed by atoms with van der Waals surface area (Å²) >= 11 is 0. The zero-order valence-corrected chi connectivity index (χ0v) is 16.8. The Balaban J connectivity index is 1.56. The number of aromatic nitrogens is 4. The molecule has 150 valence electrons. The summed E-state index contributed by atoms with van der Waals surface area (Å²) in [5.41, 5.74) is 10.6. The van der Waals surface area contributed by atoms with Gasteiger partial charge in [-0.3, -0.25) is 4.99 Å². The van der Waals surface area contributed by atoms with Crippen LogP contribution in [0.15, 0.2) is 53.8 Å². The van der Waals surface area contributed by atoms with Gasteiger partial charge in [0.05, 0.1) is 18.2 Å². The molecule has 1 atom stereocenters. The fraction of sp³-hybridized carbons (Fsp3) is 0.182. The molecular weight excluding hydrogens is 376 g/mol. The topological polar surface area (TPSA) is 108 Å². The Kier molecular flexibility index (Phi) is 4.31. The minimum absolute atomic E-state index is 0.158. The van der Waals surface area contributed by atoms with Crippen LogP contribution >= 0.6 is 0 Å². The van der Waals surface area contributed by atoms with Gasteiger partial charge in [-0.05, 0) is 37.1 Å². The third kappa shape index (κ3) is 3.12. The Hall–Kier alpha value is -3.94. The van der Waals surface area contributed by atoms with Gasteiger partial charge in [-0.15, -0.1) is 0 Å². The summed E-state index contributed by atoms with van der Waals surface area (Å²) in [6, 6.07) is 14.5.